The van der Waals surface area contributed by atoms with Gasteiger partial charge in [0.1, 0.15) is 10.6 Å². The summed E-state index contributed by atoms with van der Waals surface area (Å²) < 4.78 is 38.0. The fraction of sp³-hybridized carbons (Fsp3) is 0.318. The van der Waals surface area contributed by atoms with Crippen molar-refractivity contribution in [2.75, 3.05) is 32.1 Å². The van der Waals surface area contributed by atoms with Crippen molar-refractivity contribution in [2.45, 2.75) is 24.2 Å². The first-order chi connectivity index (χ1) is 15.9. The number of hydrogen-bond donors (Lipinski definition) is 2. The van der Waals surface area contributed by atoms with Crippen LogP contribution in [-0.2, 0) is 19.6 Å². The number of H-pyrrole nitrogens is 1. The molecule has 1 aliphatic heterocycles. The molecule has 0 saturated carbocycles. The lowest BCUT2D eigenvalue weighted by atomic mass is 10.2. The number of methoxy groups -OCH3 is 1. The average molecular weight is 473 g/mol. The van der Waals surface area contributed by atoms with Crippen molar-refractivity contribution in [2.24, 2.45) is 0 Å². The first kappa shape index (κ1) is 22.7. The lowest BCUT2D eigenvalue weighted by Crippen LogP contribution is -2.35. The first-order valence-corrected chi connectivity index (χ1v) is 11.9. The van der Waals surface area contributed by atoms with E-state index in [-0.39, 0.29) is 22.0 Å². The molecule has 1 aliphatic rings. The van der Waals surface area contributed by atoms with E-state index in [2.05, 4.69) is 15.5 Å². The van der Waals surface area contributed by atoms with Gasteiger partial charge in [-0.25, -0.2) is 13.2 Å². The van der Waals surface area contributed by atoms with Gasteiger partial charge in [0.05, 0.1) is 12.6 Å². The third-order valence-corrected chi connectivity index (χ3v) is 7.30. The Kier molecular flexibility index (Phi) is 6.61. The number of hydrogen-bond acceptors (Lipinski definition) is 7. The van der Waals surface area contributed by atoms with E-state index in [1.165, 1.54) is 29.6 Å². The predicted molar refractivity (Wildman–Crippen MR) is 121 cm³/mol. The fourth-order valence-corrected chi connectivity index (χ4v) is 5.41. The Hall–Kier alpha value is -3.44. The fourth-order valence-electron chi connectivity index (χ4n) is 3.72. The molecule has 0 bridgehead atoms. The molecule has 0 spiro atoms. The zero-order valence-corrected chi connectivity index (χ0v) is 18.9. The minimum Gasteiger partial charge on any atom is -0.495 e. The lowest BCUT2D eigenvalue weighted by Gasteiger charge is -2.26. The Morgan fingerprint density at radius 3 is 2.64 bits per heavy atom. The van der Waals surface area contributed by atoms with Crippen molar-refractivity contribution in [3.8, 4) is 5.75 Å². The van der Waals surface area contributed by atoms with Crippen LogP contribution in [0.4, 0.5) is 5.69 Å². The highest BCUT2D eigenvalue weighted by molar-refractivity contribution is 7.89. The zero-order chi connectivity index (χ0) is 23.4. The van der Waals surface area contributed by atoms with Gasteiger partial charge in [-0.3, -0.25) is 9.89 Å². The monoisotopic (exact) mass is 472 g/mol. The smallest absolute Gasteiger partial charge is 0.359 e. The maximum Gasteiger partial charge on any atom is 0.359 e. The third kappa shape index (κ3) is 4.83. The van der Waals surface area contributed by atoms with Gasteiger partial charge in [-0.15, -0.1) is 0 Å². The van der Waals surface area contributed by atoms with Crippen LogP contribution < -0.4 is 10.1 Å². The predicted octanol–water partition coefficient (Wildman–Crippen LogP) is 2.54. The van der Waals surface area contributed by atoms with Gasteiger partial charge in [-0.2, -0.15) is 9.40 Å². The molecule has 1 aromatic heterocycles. The van der Waals surface area contributed by atoms with Crippen LogP contribution in [0, 0.1) is 0 Å². The van der Waals surface area contributed by atoms with E-state index < -0.39 is 28.5 Å². The van der Waals surface area contributed by atoms with E-state index in [4.69, 9.17) is 9.47 Å². The number of aromatic nitrogens is 2. The molecule has 0 radical (unpaired) electrons. The Morgan fingerprint density at radius 2 is 1.88 bits per heavy atom. The lowest BCUT2D eigenvalue weighted by molar-refractivity contribution is -0.119. The molecule has 0 aliphatic carbocycles. The average Bonchev–Trinajstić information content (AvgIpc) is 3.27. The minimum absolute atomic E-state index is 0.0234. The molecule has 4 rings (SSSR count). The van der Waals surface area contributed by atoms with Crippen molar-refractivity contribution in [3.05, 3.63) is 48.2 Å². The summed E-state index contributed by atoms with van der Waals surface area (Å²) in [6.07, 6.45) is 2.59. The number of carbonyl (C=O) groups excluding carboxylic acids is 2. The summed E-state index contributed by atoms with van der Waals surface area (Å²) >= 11 is 0. The van der Waals surface area contributed by atoms with Crippen molar-refractivity contribution in [1.82, 2.24) is 14.5 Å². The summed E-state index contributed by atoms with van der Waals surface area (Å²) in [5.74, 6) is -1.17. The van der Waals surface area contributed by atoms with Gasteiger partial charge < -0.3 is 14.8 Å². The molecular formula is C22H24N4O6S. The molecule has 174 valence electrons. The van der Waals surface area contributed by atoms with E-state index >= 15 is 0 Å². The number of amides is 1. The highest BCUT2D eigenvalue weighted by atomic mass is 32.2. The molecule has 33 heavy (non-hydrogen) atoms. The first-order valence-electron chi connectivity index (χ1n) is 10.5. The highest BCUT2D eigenvalue weighted by Gasteiger charge is 2.29. The minimum atomic E-state index is -3.78. The number of rotatable bonds is 7. The van der Waals surface area contributed by atoms with Gasteiger partial charge in [-0.05, 0) is 37.1 Å². The van der Waals surface area contributed by atoms with Crippen LogP contribution in [0.15, 0.2) is 47.4 Å². The number of sulfonamides is 1. The normalized spacial score (nSPS) is 14.7. The number of benzene rings is 2. The molecule has 2 heterocycles. The number of ether oxygens (including phenoxy) is 2. The second kappa shape index (κ2) is 9.59. The quantitative estimate of drug-likeness (QED) is 0.505. The van der Waals surface area contributed by atoms with Crippen LogP contribution in [0.5, 0.6) is 5.75 Å². The molecule has 3 aromatic rings. The number of anilines is 1. The van der Waals surface area contributed by atoms with Crippen LogP contribution in [0.1, 0.15) is 29.8 Å². The summed E-state index contributed by atoms with van der Waals surface area (Å²) in [6, 6.07) is 11.4. The standard InChI is InChI=1S/C22H24N4O6S/c1-31-18-10-9-15(13-19(18)33(29,30)26-11-5-2-6-12-26)23-20(27)14-32-22(28)21-16-7-3-4-8-17(16)24-25-21/h3-4,7-10,13H,2,5-6,11-12,14H2,1H3,(H,23,27)(H,24,25). The number of carbonyl (C=O) groups is 2. The van der Waals surface area contributed by atoms with Crippen LogP contribution >= 0.6 is 0 Å². The van der Waals surface area contributed by atoms with Gasteiger partial charge in [0, 0.05) is 24.2 Å². The molecule has 0 atom stereocenters. The zero-order valence-electron chi connectivity index (χ0n) is 18.0. The Morgan fingerprint density at radius 1 is 1.12 bits per heavy atom. The molecule has 11 heteroatoms. The van der Waals surface area contributed by atoms with Gasteiger partial charge in [0.2, 0.25) is 10.0 Å². The van der Waals surface area contributed by atoms with Gasteiger partial charge in [-0.1, -0.05) is 24.6 Å². The van der Waals surface area contributed by atoms with Gasteiger partial charge >= 0.3 is 5.97 Å². The van der Waals surface area contributed by atoms with E-state index in [9.17, 15) is 18.0 Å². The maximum atomic E-state index is 13.1. The largest absolute Gasteiger partial charge is 0.495 e. The van der Waals surface area contributed by atoms with Crippen LogP contribution in [0.25, 0.3) is 10.9 Å². The van der Waals surface area contributed by atoms with Crippen molar-refractivity contribution >= 4 is 38.5 Å². The molecule has 1 amide bonds. The van der Waals surface area contributed by atoms with Crippen LogP contribution in [0.2, 0.25) is 0 Å². The van der Waals surface area contributed by atoms with Gasteiger partial charge in [0.25, 0.3) is 5.91 Å². The molecule has 1 saturated heterocycles. The Bertz CT molecular complexity index is 1280. The number of nitrogens with zero attached hydrogens (tertiary/aromatic N) is 2. The van der Waals surface area contributed by atoms with Crippen LogP contribution in [0.3, 0.4) is 0 Å². The van der Waals surface area contributed by atoms with E-state index in [0.717, 1.165) is 19.3 Å². The number of para-hydroxylation sites is 1. The maximum absolute atomic E-state index is 13.1. The van der Waals surface area contributed by atoms with E-state index in [1.54, 1.807) is 24.3 Å². The second-order valence-electron chi connectivity index (χ2n) is 7.57. The Balaban J connectivity index is 1.44. The van der Waals surface area contributed by atoms with Gasteiger partial charge in [0.15, 0.2) is 12.3 Å². The second-order valence-corrected chi connectivity index (χ2v) is 9.48. The van der Waals surface area contributed by atoms with E-state index in [0.29, 0.717) is 24.0 Å². The van der Waals surface area contributed by atoms with Crippen molar-refractivity contribution in [1.29, 1.82) is 0 Å². The molecular weight excluding hydrogens is 448 g/mol. The topological polar surface area (TPSA) is 131 Å². The third-order valence-electron chi connectivity index (χ3n) is 5.38. The summed E-state index contributed by atoms with van der Waals surface area (Å²) in [5, 5.41) is 9.83. The number of aromatic amines is 1. The number of esters is 1. The molecule has 2 aromatic carbocycles. The van der Waals surface area contributed by atoms with Crippen LogP contribution in [-0.4, -0.2) is 61.6 Å². The number of fused-ring (bicyclic) bond motifs is 1. The molecule has 1 fully saturated rings. The van der Waals surface area contributed by atoms with Crippen molar-refractivity contribution in [3.63, 3.8) is 0 Å². The summed E-state index contributed by atoms with van der Waals surface area (Å²) in [4.78, 5) is 24.7. The summed E-state index contributed by atoms with van der Waals surface area (Å²) in [7, 11) is -2.39. The highest BCUT2D eigenvalue weighted by Crippen LogP contribution is 2.31. The number of piperidine rings is 1. The number of nitrogens with one attached hydrogen (secondary N) is 2. The SMILES string of the molecule is COc1ccc(NC(=O)COC(=O)c2n[nH]c3ccccc23)cc1S(=O)(=O)N1CCCCC1. The summed E-state index contributed by atoms with van der Waals surface area (Å²) in [5.41, 5.74) is 1.00. The summed E-state index contributed by atoms with van der Waals surface area (Å²) in [6.45, 7) is 0.333. The molecule has 0 unspecified atom stereocenters. The van der Waals surface area contributed by atoms with E-state index in [1.807, 2.05) is 0 Å². The van der Waals surface area contributed by atoms with Crippen molar-refractivity contribution < 1.29 is 27.5 Å². The molecule has 10 nitrogen and oxygen atoms in total. The Labute approximate surface area is 190 Å². The molecule has 2 N–H and O–H groups in total.